The fourth-order valence-corrected chi connectivity index (χ4v) is 2.58. The Hall–Kier alpha value is -0.170. The van der Waals surface area contributed by atoms with Crippen LogP contribution in [0.15, 0.2) is 0 Å². The topological polar surface area (TPSA) is 21.3 Å². The standard InChI is InChI=1S/C12H21NOS/c1-3-9-15-10-8-13-11-6-4-5-7-12(11)14-2/h1,11-13H,4-10H2,2H3. The van der Waals surface area contributed by atoms with Crippen LogP contribution in [-0.2, 0) is 4.74 Å². The van der Waals surface area contributed by atoms with Gasteiger partial charge in [-0.3, -0.25) is 0 Å². The first kappa shape index (κ1) is 12.9. The number of terminal acetylenes is 1. The molecule has 0 aliphatic heterocycles. The van der Waals surface area contributed by atoms with Crippen LogP contribution in [0.1, 0.15) is 25.7 Å². The molecule has 0 aromatic carbocycles. The van der Waals surface area contributed by atoms with Crippen LogP contribution in [-0.4, -0.2) is 37.3 Å². The van der Waals surface area contributed by atoms with E-state index in [2.05, 4.69) is 11.2 Å². The van der Waals surface area contributed by atoms with E-state index in [4.69, 9.17) is 11.2 Å². The van der Waals surface area contributed by atoms with Gasteiger partial charge in [-0.25, -0.2) is 0 Å². The zero-order chi connectivity index (χ0) is 10.9. The maximum Gasteiger partial charge on any atom is 0.0724 e. The van der Waals surface area contributed by atoms with E-state index in [-0.39, 0.29) is 0 Å². The van der Waals surface area contributed by atoms with Gasteiger partial charge < -0.3 is 10.1 Å². The van der Waals surface area contributed by atoms with Gasteiger partial charge in [-0.15, -0.1) is 18.2 Å². The third-order valence-electron chi connectivity index (χ3n) is 2.84. The van der Waals surface area contributed by atoms with Crippen molar-refractivity contribution in [2.24, 2.45) is 0 Å². The first-order chi connectivity index (χ1) is 7.38. The van der Waals surface area contributed by atoms with E-state index in [1.165, 1.54) is 25.7 Å². The van der Waals surface area contributed by atoms with Crippen LogP contribution in [0.3, 0.4) is 0 Å². The van der Waals surface area contributed by atoms with Gasteiger partial charge in [0.2, 0.25) is 0 Å². The molecule has 0 heterocycles. The Morgan fingerprint density at radius 1 is 1.47 bits per heavy atom. The molecule has 1 N–H and O–H groups in total. The largest absolute Gasteiger partial charge is 0.380 e. The fraction of sp³-hybridized carbons (Fsp3) is 0.833. The lowest BCUT2D eigenvalue weighted by Crippen LogP contribution is -2.43. The van der Waals surface area contributed by atoms with Crippen molar-refractivity contribution in [1.29, 1.82) is 0 Å². The molecule has 0 spiro atoms. The number of ether oxygens (including phenoxy) is 1. The lowest BCUT2D eigenvalue weighted by Gasteiger charge is -2.31. The van der Waals surface area contributed by atoms with E-state index >= 15 is 0 Å². The minimum atomic E-state index is 0.413. The van der Waals surface area contributed by atoms with E-state index in [0.29, 0.717) is 12.1 Å². The summed E-state index contributed by atoms with van der Waals surface area (Å²) in [6, 6.07) is 0.551. The van der Waals surface area contributed by atoms with Gasteiger partial charge in [0, 0.05) is 25.4 Å². The molecule has 2 nitrogen and oxygen atoms in total. The van der Waals surface area contributed by atoms with Crippen LogP contribution in [0.25, 0.3) is 0 Å². The highest BCUT2D eigenvalue weighted by Crippen LogP contribution is 2.20. The van der Waals surface area contributed by atoms with Crippen molar-refractivity contribution in [3.8, 4) is 12.3 Å². The van der Waals surface area contributed by atoms with Crippen LogP contribution < -0.4 is 5.32 Å². The maximum absolute atomic E-state index is 5.48. The highest BCUT2D eigenvalue weighted by atomic mass is 32.2. The van der Waals surface area contributed by atoms with Crippen molar-refractivity contribution in [2.45, 2.75) is 37.8 Å². The van der Waals surface area contributed by atoms with Gasteiger partial charge in [-0.05, 0) is 12.8 Å². The van der Waals surface area contributed by atoms with Crippen molar-refractivity contribution < 1.29 is 4.74 Å². The van der Waals surface area contributed by atoms with Gasteiger partial charge in [0.25, 0.3) is 0 Å². The fourth-order valence-electron chi connectivity index (χ4n) is 2.06. The van der Waals surface area contributed by atoms with E-state index in [9.17, 15) is 0 Å². The Morgan fingerprint density at radius 2 is 2.27 bits per heavy atom. The second-order valence-electron chi connectivity index (χ2n) is 3.88. The second-order valence-corrected chi connectivity index (χ2v) is 4.98. The molecule has 0 aromatic heterocycles. The van der Waals surface area contributed by atoms with Crippen LogP contribution in [0.2, 0.25) is 0 Å². The molecule has 86 valence electrons. The first-order valence-electron chi connectivity index (χ1n) is 5.66. The molecule has 0 amide bonds. The number of methoxy groups -OCH3 is 1. The molecule has 3 heteroatoms. The van der Waals surface area contributed by atoms with Crippen LogP contribution >= 0.6 is 11.8 Å². The molecule has 2 atom stereocenters. The summed E-state index contributed by atoms with van der Waals surface area (Å²) in [6.45, 7) is 1.04. The van der Waals surface area contributed by atoms with E-state index in [1.807, 2.05) is 18.9 Å². The number of hydrogen-bond donors (Lipinski definition) is 1. The molecule has 1 saturated carbocycles. The number of nitrogens with one attached hydrogen (secondary N) is 1. The predicted molar refractivity (Wildman–Crippen MR) is 67.2 cm³/mol. The normalized spacial score (nSPS) is 26.1. The number of rotatable bonds is 6. The lowest BCUT2D eigenvalue weighted by molar-refractivity contribution is 0.0426. The smallest absolute Gasteiger partial charge is 0.0724 e. The summed E-state index contributed by atoms with van der Waals surface area (Å²) in [4.78, 5) is 0. The minimum absolute atomic E-state index is 0.413. The van der Waals surface area contributed by atoms with Crippen molar-refractivity contribution in [1.82, 2.24) is 5.32 Å². The molecule has 2 unspecified atom stereocenters. The number of hydrogen-bond acceptors (Lipinski definition) is 3. The molecule has 1 aliphatic rings. The van der Waals surface area contributed by atoms with Crippen LogP contribution in [0, 0.1) is 12.3 Å². The summed E-state index contributed by atoms with van der Waals surface area (Å²) < 4.78 is 5.48. The Balaban J connectivity index is 2.10. The quantitative estimate of drug-likeness (QED) is 0.553. The van der Waals surface area contributed by atoms with Crippen molar-refractivity contribution in [2.75, 3.05) is 25.2 Å². The molecule has 0 radical (unpaired) electrons. The predicted octanol–water partition coefficient (Wildman–Crippen LogP) is 1.90. The summed E-state index contributed by atoms with van der Waals surface area (Å²) >= 11 is 1.81. The number of thioether (sulfide) groups is 1. The summed E-state index contributed by atoms with van der Waals surface area (Å²) in [7, 11) is 1.82. The van der Waals surface area contributed by atoms with Gasteiger partial charge in [-0.1, -0.05) is 18.8 Å². The van der Waals surface area contributed by atoms with Crippen LogP contribution in [0.5, 0.6) is 0 Å². The van der Waals surface area contributed by atoms with E-state index in [1.54, 1.807) is 0 Å². The third kappa shape index (κ3) is 4.92. The zero-order valence-electron chi connectivity index (χ0n) is 9.50. The van der Waals surface area contributed by atoms with Crippen molar-refractivity contribution in [3.63, 3.8) is 0 Å². The average Bonchev–Trinajstić information content (AvgIpc) is 2.29. The Kier molecular flexibility index (Phi) is 6.91. The van der Waals surface area contributed by atoms with Crippen LogP contribution in [0.4, 0.5) is 0 Å². The summed E-state index contributed by atoms with van der Waals surface area (Å²) in [6.07, 6.45) is 10.7. The highest BCUT2D eigenvalue weighted by Gasteiger charge is 2.23. The van der Waals surface area contributed by atoms with Gasteiger partial charge in [0.15, 0.2) is 0 Å². The molecule has 1 rings (SSSR count). The zero-order valence-corrected chi connectivity index (χ0v) is 10.3. The maximum atomic E-state index is 5.48. The monoisotopic (exact) mass is 227 g/mol. The van der Waals surface area contributed by atoms with E-state index in [0.717, 1.165) is 18.1 Å². The SMILES string of the molecule is C#CCSCCNC1CCCCC1OC. The molecule has 1 aliphatic carbocycles. The van der Waals surface area contributed by atoms with Gasteiger partial charge in [0.1, 0.15) is 0 Å². The summed E-state index contributed by atoms with van der Waals surface area (Å²) in [5.41, 5.74) is 0. The van der Waals surface area contributed by atoms with Gasteiger partial charge in [-0.2, -0.15) is 0 Å². The highest BCUT2D eigenvalue weighted by molar-refractivity contribution is 7.99. The molecule has 1 fully saturated rings. The molecule has 15 heavy (non-hydrogen) atoms. The average molecular weight is 227 g/mol. The summed E-state index contributed by atoms with van der Waals surface area (Å²) in [5, 5.41) is 3.57. The molecular formula is C12H21NOS. The second kappa shape index (κ2) is 8.04. The molecule has 0 aromatic rings. The minimum Gasteiger partial charge on any atom is -0.380 e. The van der Waals surface area contributed by atoms with Gasteiger partial charge >= 0.3 is 0 Å². The molecular weight excluding hydrogens is 206 g/mol. The van der Waals surface area contributed by atoms with Crippen molar-refractivity contribution in [3.05, 3.63) is 0 Å². The van der Waals surface area contributed by atoms with E-state index < -0.39 is 0 Å². The Bertz CT molecular complexity index is 202. The van der Waals surface area contributed by atoms with Crippen molar-refractivity contribution >= 4 is 11.8 Å². The summed E-state index contributed by atoms with van der Waals surface area (Å²) in [5.74, 6) is 4.55. The van der Waals surface area contributed by atoms with Gasteiger partial charge in [0.05, 0.1) is 11.9 Å². The first-order valence-corrected chi connectivity index (χ1v) is 6.81. The third-order valence-corrected chi connectivity index (χ3v) is 3.71. The Morgan fingerprint density at radius 3 is 3.00 bits per heavy atom. The molecule has 0 saturated heterocycles. The Labute approximate surface area is 97.5 Å². The lowest BCUT2D eigenvalue weighted by atomic mass is 9.92. The molecule has 0 bridgehead atoms.